The summed E-state index contributed by atoms with van der Waals surface area (Å²) >= 11 is 0. The van der Waals surface area contributed by atoms with Crippen molar-refractivity contribution >= 4 is 17.0 Å². The molecule has 0 bridgehead atoms. The van der Waals surface area contributed by atoms with Gasteiger partial charge in [0, 0.05) is 54.7 Å². The largest absolute Gasteiger partial charge is 0.378 e. The predicted molar refractivity (Wildman–Crippen MR) is 141 cm³/mol. The molecule has 0 aliphatic carbocycles. The molecule has 1 N–H and O–H groups in total. The summed E-state index contributed by atoms with van der Waals surface area (Å²) in [6.45, 7) is 5.95. The number of anilines is 2. The fourth-order valence-electron chi connectivity index (χ4n) is 4.53. The summed E-state index contributed by atoms with van der Waals surface area (Å²) in [5.74, 6) is 1.37. The second-order valence-electron chi connectivity index (χ2n) is 8.88. The summed E-state index contributed by atoms with van der Waals surface area (Å²) in [5.41, 5.74) is 7.20. The summed E-state index contributed by atoms with van der Waals surface area (Å²) in [5, 5.41) is 8.34. The van der Waals surface area contributed by atoms with Crippen LogP contribution in [0.5, 0.6) is 0 Å². The number of ether oxygens (including phenoxy) is 1. The van der Waals surface area contributed by atoms with Crippen molar-refractivity contribution in [3.63, 3.8) is 0 Å². The number of hydrogen-bond acceptors (Lipinski definition) is 7. The molecule has 1 fully saturated rings. The van der Waals surface area contributed by atoms with Crippen LogP contribution in [0.15, 0.2) is 79.4 Å². The molecule has 6 rings (SSSR count). The lowest BCUT2D eigenvalue weighted by molar-refractivity contribution is 0.122. The van der Waals surface area contributed by atoms with Gasteiger partial charge in [0.2, 0.25) is 0 Å². The highest BCUT2D eigenvalue weighted by Crippen LogP contribution is 2.32. The highest BCUT2D eigenvalue weighted by atomic mass is 16.5. The number of hydrogen-bond donors (Lipinski definition) is 1. The Morgan fingerprint density at radius 3 is 2.61 bits per heavy atom. The van der Waals surface area contributed by atoms with E-state index in [1.807, 2.05) is 48.1 Å². The van der Waals surface area contributed by atoms with Gasteiger partial charge in [-0.3, -0.25) is 9.97 Å². The summed E-state index contributed by atoms with van der Waals surface area (Å²) in [7, 11) is 0. The Morgan fingerprint density at radius 1 is 0.972 bits per heavy atom. The van der Waals surface area contributed by atoms with Gasteiger partial charge in [0.05, 0.1) is 25.5 Å². The van der Waals surface area contributed by atoms with Gasteiger partial charge in [-0.05, 0) is 54.4 Å². The number of benzene rings is 1. The molecule has 0 radical (unpaired) electrons. The maximum Gasteiger partial charge on any atom is 0.183 e. The van der Waals surface area contributed by atoms with Crippen LogP contribution in [-0.4, -0.2) is 50.9 Å². The van der Waals surface area contributed by atoms with Crippen LogP contribution in [0.3, 0.4) is 0 Å². The van der Waals surface area contributed by atoms with Crippen molar-refractivity contribution in [3.05, 3.63) is 90.6 Å². The van der Waals surface area contributed by atoms with E-state index < -0.39 is 0 Å². The third-order valence-corrected chi connectivity index (χ3v) is 6.36. The molecule has 8 heteroatoms. The Bertz CT molecular complexity index is 1480. The molecule has 5 aromatic rings. The van der Waals surface area contributed by atoms with Gasteiger partial charge in [-0.15, -0.1) is 5.10 Å². The van der Waals surface area contributed by atoms with E-state index in [-0.39, 0.29) is 0 Å². The Labute approximate surface area is 209 Å². The van der Waals surface area contributed by atoms with Gasteiger partial charge in [-0.2, -0.15) is 0 Å². The van der Waals surface area contributed by atoms with Crippen LogP contribution in [0.4, 0.5) is 11.5 Å². The lowest BCUT2D eigenvalue weighted by atomic mass is 10.1. The van der Waals surface area contributed by atoms with Crippen molar-refractivity contribution in [2.45, 2.75) is 13.5 Å². The van der Waals surface area contributed by atoms with Crippen LogP contribution >= 0.6 is 0 Å². The van der Waals surface area contributed by atoms with E-state index in [0.717, 1.165) is 65.6 Å². The highest BCUT2D eigenvalue weighted by Gasteiger charge is 2.17. The number of rotatable bonds is 6. The first-order valence-corrected chi connectivity index (χ1v) is 12.1. The monoisotopic (exact) mass is 477 g/mol. The number of fused-ring (bicyclic) bond motifs is 1. The Morgan fingerprint density at radius 2 is 1.83 bits per heavy atom. The lowest BCUT2D eigenvalue weighted by Crippen LogP contribution is -2.36. The quantitative estimate of drug-likeness (QED) is 0.382. The Hall–Kier alpha value is -4.30. The number of morpholine rings is 1. The van der Waals surface area contributed by atoms with Gasteiger partial charge < -0.3 is 15.0 Å². The van der Waals surface area contributed by atoms with Crippen LogP contribution in [0, 0.1) is 6.92 Å². The molecule has 1 saturated heterocycles. The van der Waals surface area contributed by atoms with E-state index in [2.05, 4.69) is 50.5 Å². The molecule has 36 heavy (non-hydrogen) atoms. The van der Waals surface area contributed by atoms with Crippen molar-refractivity contribution in [2.24, 2.45) is 0 Å². The Balaban J connectivity index is 1.40. The summed E-state index contributed by atoms with van der Waals surface area (Å²) in [6.07, 6.45) is 7.41. The first kappa shape index (κ1) is 22.2. The topological polar surface area (TPSA) is 80.5 Å². The number of nitrogens with zero attached hydrogens (tertiary/aromatic N) is 6. The van der Waals surface area contributed by atoms with Crippen LogP contribution in [0.25, 0.3) is 28.0 Å². The maximum atomic E-state index is 5.49. The molecule has 8 nitrogen and oxygen atoms in total. The van der Waals surface area contributed by atoms with E-state index >= 15 is 0 Å². The fourth-order valence-corrected chi connectivity index (χ4v) is 4.53. The second-order valence-corrected chi connectivity index (χ2v) is 8.88. The van der Waals surface area contributed by atoms with Crippen LogP contribution in [0.1, 0.15) is 11.3 Å². The number of aryl methyl sites for hydroxylation is 1. The summed E-state index contributed by atoms with van der Waals surface area (Å²) < 4.78 is 7.39. The van der Waals surface area contributed by atoms with Crippen molar-refractivity contribution in [2.75, 3.05) is 36.5 Å². The average Bonchev–Trinajstić information content (AvgIpc) is 3.37. The molecular formula is C28H27N7O. The van der Waals surface area contributed by atoms with E-state index in [9.17, 15) is 0 Å². The zero-order valence-electron chi connectivity index (χ0n) is 20.1. The Kier molecular flexibility index (Phi) is 6.01. The molecule has 0 atom stereocenters. The maximum absolute atomic E-state index is 5.49. The second kappa shape index (κ2) is 9.75. The third-order valence-electron chi connectivity index (χ3n) is 6.36. The molecule has 0 amide bonds. The zero-order valence-corrected chi connectivity index (χ0v) is 20.1. The molecule has 1 aliphatic rings. The average molecular weight is 478 g/mol. The molecule has 1 aromatic carbocycles. The number of aromatic nitrogens is 5. The predicted octanol–water partition coefficient (Wildman–Crippen LogP) is 4.61. The minimum Gasteiger partial charge on any atom is -0.378 e. The number of nitrogens with one attached hydrogen (secondary N) is 1. The first-order chi connectivity index (χ1) is 17.7. The normalized spacial score (nSPS) is 13.8. The van der Waals surface area contributed by atoms with Crippen LogP contribution in [-0.2, 0) is 11.3 Å². The van der Waals surface area contributed by atoms with Gasteiger partial charge in [0.25, 0.3) is 0 Å². The molecule has 0 unspecified atom stereocenters. The molecule has 1 aliphatic heterocycles. The van der Waals surface area contributed by atoms with Gasteiger partial charge in [0.15, 0.2) is 11.6 Å². The third kappa shape index (κ3) is 4.50. The van der Waals surface area contributed by atoms with Crippen molar-refractivity contribution in [1.29, 1.82) is 0 Å². The molecule has 180 valence electrons. The van der Waals surface area contributed by atoms with Gasteiger partial charge in [-0.25, -0.2) is 9.50 Å². The summed E-state index contributed by atoms with van der Waals surface area (Å²) in [6, 6.07) is 18.7. The van der Waals surface area contributed by atoms with Crippen molar-refractivity contribution in [3.8, 4) is 22.5 Å². The minimum absolute atomic E-state index is 0.555. The molecule has 0 saturated carbocycles. The van der Waals surface area contributed by atoms with E-state index in [1.54, 1.807) is 12.4 Å². The van der Waals surface area contributed by atoms with Crippen LogP contribution in [0.2, 0.25) is 0 Å². The van der Waals surface area contributed by atoms with Crippen molar-refractivity contribution < 1.29 is 4.74 Å². The number of pyridine rings is 2. The lowest BCUT2D eigenvalue weighted by Gasteiger charge is -2.28. The van der Waals surface area contributed by atoms with Crippen LogP contribution < -0.4 is 10.2 Å². The van der Waals surface area contributed by atoms with Crippen molar-refractivity contribution in [1.82, 2.24) is 24.6 Å². The standard InChI is InChI=1S/C28H27N7O/c1-20-16-22(18-29-17-20)27-32-28(31-19-23-4-2-3-10-30-23)26-25(9-11-35(26)33-27)21-5-7-24(8-6-21)34-12-14-36-15-13-34/h2-11,16-18H,12-15,19H2,1H3,(H,31,32,33). The first-order valence-electron chi connectivity index (χ1n) is 12.1. The molecular weight excluding hydrogens is 450 g/mol. The smallest absolute Gasteiger partial charge is 0.183 e. The van der Waals surface area contributed by atoms with Gasteiger partial charge >= 0.3 is 0 Å². The van der Waals surface area contributed by atoms with Gasteiger partial charge in [-0.1, -0.05) is 18.2 Å². The zero-order chi connectivity index (χ0) is 24.3. The molecule has 0 spiro atoms. The van der Waals surface area contributed by atoms with Gasteiger partial charge in [0.1, 0.15) is 5.52 Å². The highest BCUT2D eigenvalue weighted by molar-refractivity contribution is 5.89. The molecule has 5 heterocycles. The molecule has 4 aromatic heterocycles. The fraction of sp³-hybridized carbons (Fsp3) is 0.214. The van der Waals surface area contributed by atoms with E-state index in [0.29, 0.717) is 12.4 Å². The van der Waals surface area contributed by atoms with E-state index in [4.69, 9.17) is 14.8 Å². The SMILES string of the molecule is Cc1cncc(-c2nc(NCc3ccccn3)c3c(-c4ccc(N5CCOCC5)cc4)ccn3n2)c1. The minimum atomic E-state index is 0.555. The summed E-state index contributed by atoms with van der Waals surface area (Å²) in [4.78, 5) is 16.1. The van der Waals surface area contributed by atoms with E-state index in [1.165, 1.54) is 5.69 Å².